The number of halogens is 3. The number of likely N-dealkylation sites (N-methyl/N-ethyl adjacent to an activating group) is 1. The van der Waals surface area contributed by atoms with Gasteiger partial charge in [0.05, 0.1) is 19.0 Å². The summed E-state index contributed by atoms with van der Waals surface area (Å²) in [5.41, 5.74) is 2.58. The Hall–Kier alpha value is -2.41. The predicted octanol–water partition coefficient (Wildman–Crippen LogP) is 5.76. The van der Waals surface area contributed by atoms with Crippen LogP contribution in [0.15, 0.2) is 53.9 Å². The van der Waals surface area contributed by atoms with Gasteiger partial charge in [-0.2, -0.15) is 0 Å². The molecule has 33 heavy (non-hydrogen) atoms. The van der Waals surface area contributed by atoms with E-state index >= 15 is 0 Å². The van der Waals surface area contributed by atoms with Crippen molar-refractivity contribution < 1.29 is 14.0 Å². The van der Waals surface area contributed by atoms with Crippen molar-refractivity contribution in [2.75, 3.05) is 19.6 Å². The van der Waals surface area contributed by atoms with E-state index in [4.69, 9.17) is 23.2 Å². The molecule has 1 unspecified atom stereocenters. The van der Waals surface area contributed by atoms with Crippen LogP contribution in [-0.2, 0) is 22.4 Å². The zero-order chi connectivity index (χ0) is 23.5. The molecule has 0 spiro atoms. The summed E-state index contributed by atoms with van der Waals surface area (Å²) >= 11 is 14.3. The van der Waals surface area contributed by atoms with Gasteiger partial charge in [-0.25, -0.2) is 4.39 Å². The summed E-state index contributed by atoms with van der Waals surface area (Å²) in [5, 5.41) is 3.07. The van der Waals surface area contributed by atoms with Gasteiger partial charge in [0.15, 0.2) is 0 Å². The highest BCUT2D eigenvalue weighted by Gasteiger charge is 2.34. The summed E-state index contributed by atoms with van der Waals surface area (Å²) in [5.74, 6) is -0.664. The normalized spacial score (nSPS) is 15.3. The Balaban J connectivity index is 1.56. The molecule has 1 atom stereocenters. The molecule has 1 aromatic heterocycles. The minimum Gasteiger partial charge on any atom is -0.333 e. The third-order valence-electron chi connectivity index (χ3n) is 5.87. The lowest BCUT2D eigenvalue weighted by Crippen LogP contribution is -2.47. The lowest BCUT2D eigenvalue weighted by atomic mass is 9.93. The van der Waals surface area contributed by atoms with Gasteiger partial charge in [-0.3, -0.25) is 9.59 Å². The first-order valence-corrected chi connectivity index (χ1v) is 12.3. The van der Waals surface area contributed by atoms with Gasteiger partial charge in [-0.15, -0.1) is 11.3 Å². The Kier molecular flexibility index (Phi) is 7.37. The monoisotopic (exact) mass is 504 g/mol. The smallest absolute Gasteiger partial charge is 0.242 e. The SMILES string of the molecule is CCN(CC(=O)N1CCc2sccc2C1c1ccc(Cl)cc1Cl)C(=O)Cc1ccc(F)cc1. The number of fused-ring (bicyclic) bond motifs is 1. The molecule has 172 valence electrons. The highest BCUT2D eigenvalue weighted by Crippen LogP contribution is 2.41. The first kappa shape index (κ1) is 23.7. The van der Waals surface area contributed by atoms with Gasteiger partial charge in [0.1, 0.15) is 5.82 Å². The van der Waals surface area contributed by atoms with Crippen molar-refractivity contribution in [3.63, 3.8) is 0 Å². The van der Waals surface area contributed by atoms with E-state index in [9.17, 15) is 14.0 Å². The molecule has 0 bridgehead atoms. The summed E-state index contributed by atoms with van der Waals surface area (Å²) in [4.78, 5) is 30.9. The molecule has 4 rings (SSSR count). The van der Waals surface area contributed by atoms with E-state index in [2.05, 4.69) is 0 Å². The van der Waals surface area contributed by atoms with E-state index in [0.29, 0.717) is 28.7 Å². The Morgan fingerprint density at radius 3 is 2.58 bits per heavy atom. The maximum Gasteiger partial charge on any atom is 0.242 e. The molecule has 4 nitrogen and oxygen atoms in total. The molecule has 0 saturated carbocycles. The molecule has 0 aliphatic carbocycles. The van der Waals surface area contributed by atoms with Crippen molar-refractivity contribution in [2.24, 2.45) is 0 Å². The number of thiophene rings is 1. The standard InChI is InChI=1S/C25H23Cl2FN2O2S/c1-2-29(23(31)13-16-3-6-18(28)7-4-16)15-24(32)30-11-9-22-20(10-12-33-22)25(30)19-8-5-17(26)14-21(19)27/h3-8,10,12,14,25H,2,9,11,13,15H2,1H3. The van der Waals surface area contributed by atoms with Crippen molar-refractivity contribution in [3.8, 4) is 0 Å². The van der Waals surface area contributed by atoms with Crippen molar-refractivity contribution in [3.05, 3.63) is 91.3 Å². The Bertz CT molecular complexity index is 1170. The van der Waals surface area contributed by atoms with E-state index in [1.807, 2.05) is 24.4 Å². The summed E-state index contributed by atoms with van der Waals surface area (Å²) in [6, 6.07) is 12.9. The molecule has 8 heteroatoms. The molecule has 1 aliphatic heterocycles. The fourth-order valence-electron chi connectivity index (χ4n) is 4.16. The van der Waals surface area contributed by atoms with Crippen LogP contribution < -0.4 is 0 Å². The molecule has 1 aliphatic rings. The maximum absolute atomic E-state index is 13.5. The van der Waals surface area contributed by atoms with Crippen LogP contribution in [0.3, 0.4) is 0 Å². The Labute approximate surface area is 206 Å². The van der Waals surface area contributed by atoms with Crippen LogP contribution in [0.5, 0.6) is 0 Å². The van der Waals surface area contributed by atoms with Crippen LogP contribution in [-0.4, -0.2) is 41.2 Å². The first-order valence-electron chi connectivity index (χ1n) is 10.7. The third-order valence-corrected chi connectivity index (χ3v) is 7.43. The van der Waals surface area contributed by atoms with Crippen molar-refractivity contribution in [1.29, 1.82) is 0 Å². The van der Waals surface area contributed by atoms with Crippen molar-refractivity contribution in [2.45, 2.75) is 25.8 Å². The van der Waals surface area contributed by atoms with Crippen molar-refractivity contribution in [1.82, 2.24) is 9.80 Å². The average molecular weight is 505 g/mol. The maximum atomic E-state index is 13.5. The molecule has 0 radical (unpaired) electrons. The molecule has 2 amide bonds. The number of hydrogen-bond acceptors (Lipinski definition) is 3. The number of hydrogen-bond donors (Lipinski definition) is 0. The van der Waals surface area contributed by atoms with E-state index in [1.165, 1.54) is 21.9 Å². The van der Waals surface area contributed by atoms with E-state index in [-0.39, 0.29) is 36.6 Å². The Morgan fingerprint density at radius 2 is 1.88 bits per heavy atom. The van der Waals surface area contributed by atoms with Gasteiger partial charge >= 0.3 is 0 Å². The lowest BCUT2D eigenvalue weighted by molar-refractivity contribution is -0.141. The number of carbonyl (C=O) groups is 2. The quantitative estimate of drug-likeness (QED) is 0.428. The third kappa shape index (κ3) is 5.24. The van der Waals surface area contributed by atoms with Gasteiger partial charge in [0.2, 0.25) is 11.8 Å². The zero-order valence-corrected chi connectivity index (χ0v) is 20.4. The van der Waals surface area contributed by atoms with Crippen molar-refractivity contribution >= 4 is 46.4 Å². The van der Waals surface area contributed by atoms with E-state index in [1.54, 1.807) is 40.5 Å². The highest BCUT2D eigenvalue weighted by atomic mass is 35.5. The summed E-state index contributed by atoms with van der Waals surface area (Å²) < 4.78 is 13.2. The van der Waals surface area contributed by atoms with Crippen LogP contribution in [0, 0.1) is 5.82 Å². The van der Waals surface area contributed by atoms with Gasteiger partial charge in [0.25, 0.3) is 0 Å². The minimum atomic E-state index is -0.349. The molecule has 0 N–H and O–H groups in total. The molecule has 2 heterocycles. The fraction of sp³-hybridized carbons (Fsp3) is 0.280. The van der Waals surface area contributed by atoms with E-state index in [0.717, 1.165) is 17.5 Å². The van der Waals surface area contributed by atoms with Crippen LogP contribution in [0.2, 0.25) is 10.0 Å². The predicted molar refractivity (Wildman–Crippen MR) is 130 cm³/mol. The number of benzene rings is 2. The van der Waals surface area contributed by atoms with Crippen LogP contribution >= 0.6 is 34.5 Å². The van der Waals surface area contributed by atoms with Gasteiger partial charge in [-0.05, 0) is 65.7 Å². The van der Waals surface area contributed by atoms with Crippen LogP contribution in [0.1, 0.15) is 34.5 Å². The lowest BCUT2D eigenvalue weighted by Gasteiger charge is -2.38. The summed E-state index contributed by atoms with van der Waals surface area (Å²) in [6.45, 7) is 2.75. The second-order valence-electron chi connectivity index (χ2n) is 7.92. The number of amides is 2. The summed E-state index contributed by atoms with van der Waals surface area (Å²) in [6.07, 6.45) is 0.874. The molecule has 0 saturated heterocycles. The first-order chi connectivity index (χ1) is 15.9. The van der Waals surface area contributed by atoms with Crippen LogP contribution in [0.25, 0.3) is 0 Å². The number of nitrogens with zero attached hydrogens (tertiary/aromatic N) is 2. The molecule has 3 aromatic rings. The number of rotatable bonds is 6. The second-order valence-corrected chi connectivity index (χ2v) is 9.76. The topological polar surface area (TPSA) is 40.6 Å². The molecular formula is C25H23Cl2FN2O2S. The highest BCUT2D eigenvalue weighted by molar-refractivity contribution is 7.10. The molecule has 0 fully saturated rings. The fourth-order valence-corrected chi connectivity index (χ4v) is 5.58. The zero-order valence-electron chi connectivity index (χ0n) is 18.1. The average Bonchev–Trinajstić information content (AvgIpc) is 3.27. The summed E-state index contributed by atoms with van der Waals surface area (Å²) in [7, 11) is 0. The number of carbonyl (C=O) groups excluding carboxylic acids is 2. The van der Waals surface area contributed by atoms with Gasteiger partial charge < -0.3 is 9.80 Å². The largest absolute Gasteiger partial charge is 0.333 e. The van der Waals surface area contributed by atoms with Gasteiger partial charge in [0, 0.05) is 28.0 Å². The molecule has 2 aromatic carbocycles. The minimum absolute atomic E-state index is 0.0301. The Morgan fingerprint density at radius 1 is 1.12 bits per heavy atom. The molecular weight excluding hydrogens is 482 g/mol. The second kappa shape index (κ2) is 10.2. The van der Waals surface area contributed by atoms with Crippen LogP contribution in [0.4, 0.5) is 4.39 Å². The van der Waals surface area contributed by atoms with E-state index < -0.39 is 0 Å². The van der Waals surface area contributed by atoms with Gasteiger partial charge in [-0.1, -0.05) is 41.4 Å².